The number of rotatable bonds is 4. The Morgan fingerprint density at radius 2 is 2.06 bits per heavy atom. The standard InChI is InChI=1S/C24H27N5O3S/c1-14-10-21(27-32-14)29-18-4-3-5-19(30)23(18)22(17(12-25)24(29)26)20-11-16(15(2)33-20)13-28-6-8-31-9-7-28/h10-11,22H,3-9,13,26H2,1-2H3. The number of ketones is 1. The van der Waals surface area contributed by atoms with Crippen molar-refractivity contribution in [3.63, 3.8) is 0 Å². The minimum Gasteiger partial charge on any atom is -0.384 e. The monoisotopic (exact) mass is 465 g/mol. The summed E-state index contributed by atoms with van der Waals surface area (Å²) >= 11 is 1.65. The van der Waals surface area contributed by atoms with E-state index in [1.165, 1.54) is 10.4 Å². The van der Waals surface area contributed by atoms with Gasteiger partial charge in [0.2, 0.25) is 0 Å². The molecular weight excluding hydrogens is 438 g/mol. The van der Waals surface area contributed by atoms with Crippen LogP contribution in [0.3, 0.4) is 0 Å². The molecule has 33 heavy (non-hydrogen) atoms. The molecule has 0 spiro atoms. The number of nitriles is 1. The molecule has 9 heteroatoms. The number of carbonyl (C=O) groups is 1. The van der Waals surface area contributed by atoms with Gasteiger partial charge in [-0.2, -0.15) is 5.26 Å². The molecule has 0 amide bonds. The molecule has 1 aliphatic carbocycles. The highest BCUT2D eigenvalue weighted by Crippen LogP contribution is 2.48. The number of thiophene rings is 1. The molecule has 0 aromatic carbocycles. The van der Waals surface area contributed by atoms with Gasteiger partial charge in [-0.25, -0.2) is 0 Å². The second kappa shape index (κ2) is 8.78. The van der Waals surface area contributed by atoms with E-state index in [-0.39, 0.29) is 5.78 Å². The Kier molecular flexibility index (Phi) is 5.83. The summed E-state index contributed by atoms with van der Waals surface area (Å²) in [6.07, 6.45) is 1.93. The summed E-state index contributed by atoms with van der Waals surface area (Å²) in [4.78, 5) is 19.6. The highest BCUT2D eigenvalue weighted by Gasteiger charge is 2.41. The SMILES string of the molecule is Cc1cc(N2C(N)=C(C#N)C(c3cc(CN4CCOCC4)c(C)s3)C3=C2CCCC3=O)no1. The molecule has 1 saturated heterocycles. The average molecular weight is 466 g/mol. The first kappa shape index (κ1) is 21.9. The predicted molar refractivity (Wildman–Crippen MR) is 124 cm³/mol. The van der Waals surface area contributed by atoms with Crippen LogP contribution in [0.15, 0.2) is 39.3 Å². The van der Waals surface area contributed by atoms with Crippen molar-refractivity contribution in [1.82, 2.24) is 10.1 Å². The molecule has 5 rings (SSSR count). The van der Waals surface area contributed by atoms with Crippen LogP contribution in [-0.2, 0) is 16.1 Å². The summed E-state index contributed by atoms with van der Waals surface area (Å²) in [5.74, 6) is 1.11. The van der Waals surface area contributed by atoms with E-state index in [1.807, 2.05) is 0 Å². The molecule has 172 valence electrons. The van der Waals surface area contributed by atoms with Crippen LogP contribution in [0.25, 0.3) is 0 Å². The zero-order valence-corrected chi connectivity index (χ0v) is 19.7. The van der Waals surface area contributed by atoms with Crippen LogP contribution in [0.1, 0.15) is 46.3 Å². The molecule has 0 saturated carbocycles. The van der Waals surface area contributed by atoms with Gasteiger partial charge in [0.15, 0.2) is 11.6 Å². The third-order valence-corrected chi connectivity index (χ3v) is 7.74. The number of anilines is 1. The third kappa shape index (κ3) is 3.88. The van der Waals surface area contributed by atoms with Crippen LogP contribution >= 0.6 is 11.3 Å². The fraction of sp³-hybridized carbons (Fsp3) is 0.458. The van der Waals surface area contributed by atoms with E-state index in [0.29, 0.717) is 41.4 Å². The van der Waals surface area contributed by atoms with Gasteiger partial charge in [0.05, 0.1) is 30.8 Å². The maximum absolute atomic E-state index is 13.3. The van der Waals surface area contributed by atoms with Crippen molar-refractivity contribution in [2.24, 2.45) is 5.73 Å². The van der Waals surface area contributed by atoms with Crippen molar-refractivity contribution in [2.45, 2.75) is 45.6 Å². The van der Waals surface area contributed by atoms with Crippen molar-refractivity contribution in [3.8, 4) is 6.07 Å². The molecule has 0 radical (unpaired) electrons. The molecule has 2 N–H and O–H groups in total. The molecule has 1 atom stereocenters. The van der Waals surface area contributed by atoms with Crippen molar-refractivity contribution >= 4 is 22.9 Å². The molecule has 2 aliphatic heterocycles. The van der Waals surface area contributed by atoms with E-state index in [2.05, 4.69) is 29.1 Å². The van der Waals surface area contributed by atoms with Gasteiger partial charge in [-0.05, 0) is 38.3 Å². The Morgan fingerprint density at radius 3 is 2.76 bits per heavy atom. The number of carbonyl (C=O) groups excluding carboxylic acids is 1. The van der Waals surface area contributed by atoms with E-state index in [1.54, 1.807) is 29.2 Å². The molecule has 3 aliphatic rings. The van der Waals surface area contributed by atoms with E-state index in [4.69, 9.17) is 15.0 Å². The number of nitrogens with zero attached hydrogens (tertiary/aromatic N) is 4. The minimum atomic E-state index is -0.441. The highest BCUT2D eigenvalue weighted by atomic mass is 32.1. The molecule has 0 bridgehead atoms. The van der Waals surface area contributed by atoms with E-state index in [9.17, 15) is 10.1 Å². The maximum Gasteiger partial charge on any atom is 0.182 e. The summed E-state index contributed by atoms with van der Waals surface area (Å²) < 4.78 is 10.7. The number of aryl methyl sites for hydroxylation is 2. The van der Waals surface area contributed by atoms with Crippen LogP contribution in [0.2, 0.25) is 0 Å². The smallest absolute Gasteiger partial charge is 0.182 e. The Labute approximate surface area is 196 Å². The summed E-state index contributed by atoms with van der Waals surface area (Å²) in [7, 11) is 0. The lowest BCUT2D eigenvalue weighted by atomic mass is 9.78. The van der Waals surface area contributed by atoms with Crippen LogP contribution in [-0.4, -0.2) is 42.1 Å². The number of Topliss-reactive ketones (excluding diaryl/α,β-unsaturated/α-hetero) is 1. The van der Waals surface area contributed by atoms with Gasteiger partial charge < -0.3 is 15.0 Å². The number of hydrogen-bond donors (Lipinski definition) is 1. The third-order valence-electron chi connectivity index (χ3n) is 6.58. The Hall–Kier alpha value is -2.93. The first-order chi connectivity index (χ1) is 16.0. The number of nitrogens with two attached hydrogens (primary N) is 1. The molecule has 4 heterocycles. The fourth-order valence-electron chi connectivity index (χ4n) is 4.94. The van der Waals surface area contributed by atoms with Gasteiger partial charge in [0.25, 0.3) is 0 Å². The summed E-state index contributed by atoms with van der Waals surface area (Å²) in [6, 6.07) is 6.26. The zero-order valence-electron chi connectivity index (χ0n) is 18.9. The van der Waals surface area contributed by atoms with Crippen LogP contribution < -0.4 is 10.6 Å². The first-order valence-electron chi connectivity index (χ1n) is 11.3. The van der Waals surface area contributed by atoms with Crippen LogP contribution in [0, 0.1) is 25.2 Å². The van der Waals surface area contributed by atoms with Gasteiger partial charge in [-0.3, -0.25) is 14.6 Å². The Balaban J connectivity index is 1.59. The summed E-state index contributed by atoms with van der Waals surface area (Å²) in [6.45, 7) is 8.06. The van der Waals surface area contributed by atoms with Crippen molar-refractivity contribution < 1.29 is 14.1 Å². The van der Waals surface area contributed by atoms with Gasteiger partial charge in [-0.1, -0.05) is 5.16 Å². The van der Waals surface area contributed by atoms with Gasteiger partial charge in [0.1, 0.15) is 11.6 Å². The zero-order chi connectivity index (χ0) is 23.1. The lowest BCUT2D eigenvalue weighted by Gasteiger charge is -2.37. The molecule has 2 aromatic heterocycles. The van der Waals surface area contributed by atoms with E-state index >= 15 is 0 Å². The predicted octanol–water partition coefficient (Wildman–Crippen LogP) is 3.49. The van der Waals surface area contributed by atoms with Crippen LogP contribution in [0.4, 0.5) is 5.82 Å². The molecule has 8 nitrogen and oxygen atoms in total. The number of allylic oxidation sites excluding steroid dienone is 3. The largest absolute Gasteiger partial charge is 0.384 e. The minimum absolute atomic E-state index is 0.0764. The first-order valence-corrected chi connectivity index (χ1v) is 12.1. The maximum atomic E-state index is 13.3. The number of morpholine rings is 1. The summed E-state index contributed by atoms with van der Waals surface area (Å²) in [5.41, 5.74) is 9.72. The van der Waals surface area contributed by atoms with Crippen molar-refractivity contribution in [1.29, 1.82) is 5.26 Å². The highest BCUT2D eigenvalue weighted by molar-refractivity contribution is 7.12. The number of ether oxygens (including phenoxy) is 1. The van der Waals surface area contributed by atoms with E-state index < -0.39 is 5.92 Å². The summed E-state index contributed by atoms with van der Waals surface area (Å²) in [5, 5.41) is 14.3. The lowest BCUT2D eigenvalue weighted by molar-refractivity contribution is -0.116. The molecule has 1 fully saturated rings. The van der Waals surface area contributed by atoms with Crippen molar-refractivity contribution in [3.05, 3.63) is 55.9 Å². The molecule has 2 aromatic rings. The second-order valence-corrected chi connectivity index (χ2v) is 10.0. The second-order valence-electron chi connectivity index (χ2n) is 8.73. The topological polar surface area (TPSA) is 109 Å². The van der Waals surface area contributed by atoms with Crippen molar-refractivity contribution in [2.75, 3.05) is 31.2 Å². The van der Waals surface area contributed by atoms with Gasteiger partial charge in [0, 0.05) is 53.1 Å². The fourth-order valence-corrected chi connectivity index (χ4v) is 6.10. The lowest BCUT2D eigenvalue weighted by Crippen LogP contribution is -2.38. The molecule has 1 unspecified atom stereocenters. The number of aromatic nitrogens is 1. The molecular formula is C24H27N5O3S. The number of hydrogen-bond acceptors (Lipinski definition) is 9. The average Bonchev–Trinajstić information content (AvgIpc) is 3.39. The Morgan fingerprint density at radius 1 is 1.27 bits per heavy atom. The van der Waals surface area contributed by atoms with Gasteiger partial charge >= 0.3 is 0 Å². The van der Waals surface area contributed by atoms with Crippen LogP contribution in [0.5, 0.6) is 0 Å². The van der Waals surface area contributed by atoms with E-state index in [0.717, 1.165) is 49.8 Å². The normalized spacial score (nSPS) is 22.0. The quantitative estimate of drug-likeness (QED) is 0.731. The van der Waals surface area contributed by atoms with Gasteiger partial charge in [-0.15, -0.1) is 11.3 Å². The Bertz CT molecular complexity index is 1200.